The molecule has 112 valence electrons. The second kappa shape index (κ2) is 6.90. The molecule has 0 spiro atoms. The van der Waals surface area contributed by atoms with Gasteiger partial charge in [-0.15, -0.1) is 0 Å². The molecule has 0 unspecified atom stereocenters. The zero-order valence-corrected chi connectivity index (χ0v) is 14.0. The highest BCUT2D eigenvalue weighted by molar-refractivity contribution is 7.08. The minimum absolute atomic E-state index is 0.0587. The van der Waals surface area contributed by atoms with Gasteiger partial charge in [-0.25, -0.2) is 0 Å². The molecule has 0 radical (unpaired) electrons. The molecule has 0 bridgehead atoms. The van der Waals surface area contributed by atoms with Crippen LogP contribution in [-0.4, -0.2) is 5.91 Å². The van der Waals surface area contributed by atoms with Crippen molar-refractivity contribution in [2.75, 3.05) is 5.32 Å². The fourth-order valence-electron chi connectivity index (χ4n) is 2.46. The van der Waals surface area contributed by atoms with Crippen molar-refractivity contribution >= 4 is 22.9 Å². The molecular weight excluding hydrogens is 278 g/mol. The molecule has 1 amide bonds. The Morgan fingerprint density at radius 3 is 2.19 bits per heavy atom. The molecule has 0 aliphatic rings. The number of amides is 1. The van der Waals surface area contributed by atoms with E-state index in [1.54, 1.807) is 11.3 Å². The number of anilines is 1. The number of rotatable bonds is 5. The number of carbonyl (C=O) groups excluding carboxylic acids is 1. The highest BCUT2D eigenvalue weighted by Crippen LogP contribution is 2.32. The standard InChI is InChI=1S/C18H23NOS/c1-12(2)15-6-5-7-16(13(3)4)18(15)19-17(20)10-14-8-9-21-11-14/h5-9,11-13H,10H2,1-4H3,(H,19,20). The minimum Gasteiger partial charge on any atom is -0.325 e. The summed E-state index contributed by atoms with van der Waals surface area (Å²) >= 11 is 1.62. The molecule has 0 aliphatic carbocycles. The van der Waals surface area contributed by atoms with Crippen molar-refractivity contribution in [3.63, 3.8) is 0 Å². The molecule has 1 heterocycles. The SMILES string of the molecule is CC(C)c1cccc(C(C)C)c1NC(=O)Cc1ccsc1. The topological polar surface area (TPSA) is 29.1 Å². The minimum atomic E-state index is 0.0587. The summed E-state index contributed by atoms with van der Waals surface area (Å²) in [5.74, 6) is 0.837. The van der Waals surface area contributed by atoms with E-state index in [4.69, 9.17) is 0 Å². The number of para-hydroxylation sites is 1. The summed E-state index contributed by atoms with van der Waals surface area (Å²) in [6.45, 7) is 8.64. The van der Waals surface area contributed by atoms with Gasteiger partial charge in [0.1, 0.15) is 0 Å². The third-order valence-electron chi connectivity index (χ3n) is 3.58. The van der Waals surface area contributed by atoms with Gasteiger partial charge in [0.15, 0.2) is 0 Å². The van der Waals surface area contributed by atoms with E-state index in [9.17, 15) is 4.79 Å². The third kappa shape index (κ3) is 3.94. The Labute approximate surface area is 131 Å². The van der Waals surface area contributed by atoms with Crippen LogP contribution < -0.4 is 5.32 Å². The van der Waals surface area contributed by atoms with E-state index in [0.29, 0.717) is 18.3 Å². The van der Waals surface area contributed by atoms with Gasteiger partial charge in [-0.2, -0.15) is 11.3 Å². The van der Waals surface area contributed by atoms with Gasteiger partial charge >= 0.3 is 0 Å². The smallest absolute Gasteiger partial charge is 0.228 e. The van der Waals surface area contributed by atoms with Crippen molar-refractivity contribution < 1.29 is 4.79 Å². The molecule has 21 heavy (non-hydrogen) atoms. The van der Waals surface area contributed by atoms with Crippen molar-refractivity contribution in [3.8, 4) is 0 Å². The van der Waals surface area contributed by atoms with Gasteiger partial charge in [-0.1, -0.05) is 45.9 Å². The lowest BCUT2D eigenvalue weighted by Crippen LogP contribution is -2.17. The second-order valence-electron chi connectivity index (χ2n) is 5.98. The zero-order valence-electron chi connectivity index (χ0n) is 13.1. The van der Waals surface area contributed by atoms with E-state index in [1.807, 2.05) is 16.8 Å². The average molecular weight is 301 g/mol. The van der Waals surface area contributed by atoms with Gasteiger partial charge in [0.05, 0.1) is 6.42 Å². The zero-order chi connectivity index (χ0) is 15.4. The van der Waals surface area contributed by atoms with Gasteiger partial charge in [-0.3, -0.25) is 4.79 Å². The Kier molecular flexibility index (Phi) is 5.18. The first-order valence-corrected chi connectivity index (χ1v) is 8.37. The normalized spacial score (nSPS) is 11.1. The second-order valence-corrected chi connectivity index (χ2v) is 6.76. The molecule has 2 aromatic rings. The molecule has 1 N–H and O–H groups in total. The number of hydrogen-bond donors (Lipinski definition) is 1. The maximum absolute atomic E-state index is 12.3. The number of hydrogen-bond acceptors (Lipinski definition) is 2. The van der Waals surface area contributed by atoms with Gasteiger partial charge in [0, 0.05) is 5.69 Å². The Morgan fingerprint density at radius 1 is 1.10 bits per heavy atom. The summed E-state index contributed by atoms with van der Waals surface area (Å²) in [6, 6.07) is 8.30. The molecule has 0 atom stereocenters. The van der Waals surface area contributed by atoms with Crippen molar-refractivity contribution in [3.05, 3.63) is 51.7 Å². The number of benzene rings is 1. The highest BCUT2D eigenvalue weighted by Gasteiger charge is 2.16. The summed E-state index contributed by atoms with van der Waals surface area (Å²) in [5.41, 5.74) is 4.49. The summed E-state index contributed by atoms with van der Waals surface area (Å²) in [4.78, 5) is 12.3. The predicted octanol–water partition coefficient (Wildman–Crippen LogP) is 5.18. The van der Waals surface area contributed by atoms with Gasteiger partial charge in [0.2, 0.25) is 5.91 Å². The van der Waals surface area contributed by atoms with Crippen LogP contribution in [0.5, 0.6) is 0 Å². The maximum Gasteiger partial charge on any atom is 0.228 e. The lowest BCUT2D eigenvalue weighted by molar-refractivity contribution is -0.115. The van der Waals surface area contributed by atoms with Crippen molar-refractivity contribution in [2.24, 2.45) is 0 Å². The van der Waals surface area contributed by atoms with Crippen LogP contribution in [0.2, 0.25) is 0 Å². The quantitative estimate of drug-likeness (QED) is 0.810. The van der Waals surface area contributed by atoms with Crippen molar-refractivity contribution in [1.82, 2.24) is 0 Å². The summed E-state index contributed by atoms with van der Waals surface area (Å²) in [6.07, 6.45) is 0.438. The van der Waals surface area contributed by atoms with Gasteiger partial charge < -0.3 is 5.32 Å². The van der Waals surface area contributed by atoms with Crippen LogP contribution >= 0.6 is 11.3 Å². The van der Waals surface area contributed by atoms with Crippen LogP contribution in [0, 0.1) is 0 Å². The first-order valence-electron chi connectivity index (χ1n) is 7.42. The fourth-order valence-corrected chi connectivity index (χ4v) is 3.13. The molecule has 2 nitrogen and oxygen atoms in total. The molecule has 0 saturated carbocycles. The molecular formula is C18H23NOS. The Bertz CT molecular complexity index is 573. The Hall–Kier alpha value is -1.61. The number of thiophene rings is 1. The van der Waals surface area contributed by atoms with Crippen LogP contribution in [0.25, 0.3) is 0 Å². The molecule has 3 heteroatoms. The summed E-state index contributed by atoms with van der Waals surface area (Å²) < 4.78 is 0. The average Bonchev–Trinajstić information content (AvgIpc) is 2.91. The number of nitrogens with one attached hydrogen (secondary N) is 1. The van der Waals surface area contributed by atoms with Crippen LogP contribution in [0.1, 0.15) is 56.2 Å². The van der Waals surface area contributed by atoms with Crippen LogP contribution in [-0.2, 0) is 11.2 Å². The molecule has 2 rings (SSSR count). The Balaban J connectivity index is 2.26. The predicted molar refractivity (Wildman–Crippen MR) is 91.3 cm³/mol. The van der Waals surface area contributed by atoms with E-state index in [1.165, 1.54) is 11.1 Å². The lowest BCUT2D eigenvalue weighted by Gasteiger charge is -2.20. The number of carbonyl (C=O) groups is 1. The maximum atomic E-state index is 12.3. The Morgan fingerprint density at radius 2 is 1.71 bits per heavy atom. The molecule has 1 aromatic carbocycles. The van der Waals surface area contributed by atoms with Crippen molar-refractivity contribution in [2.45, 2.75) is 46.0 Å². The summed E-state index contributed by atoms with van der Waals surface area (Å²) in [7, 11) is 0. The fraction of sp³-hybridized carbons (Fsp3) is 0.389. The highest BCUT2D eigenvalue weighted by atomic mass is 32.1. The van der Waals surface area contributed by atoms with Crippen LogP contribution in [0.3, 0.4) is 0 Å². The van der Waals surface area contributed by atoms with E-state index in [2.05, 4.69) is 51.2 Å². The first kappa shape index (κ1) is 15.8. The van der Waals surface area contributed by atoms with Gasteiger partial charge in [0.25, 0.3) is 0 Å². The van der Waals surface area contributed by atoms with Gasteiger partial charge in [-0.05, 0) is 45.4 Å². The van der Waals surface area contributed by atoms with Crippen LogP contribution in [0.15, 0.2) is 35.0 Å². The van der Waals surface area contributed by atoms with E-state index in [0.717, 1.165) is 11.3 Å². The first-order chi connectivity index (χ1) is 9.99. The summed E-state index contributed by atoms with van der Waals surface area (Å²) in [5, 5.41) is 7.18. The lowest BCUT2D eigenvalue weighted by atomic mass is 9.92. The molecule has 0 aliphatic heterocycles. The molecule has 0 saturated heterocycles. The molecule has 1 aromatic heterocycles. The monoisotopic (exact) mass is 301 g/mol. The van der Waals surface area contributed by atoms with Crippen molar-refractivity contribution in [1.29, 1.82) is 0 Å². The third-order valence-corrected chi connectivity index (χ3v) is 4.31. The molecule has 0 fully saturated rings. The van der Waals surface area contributed by atoms with E-state index >= 15 is 0 Å². The largest absolute Gasteiger partial charge is 0.325 e. The van der Waals surface area contributed by atoms with E-state index in [-0.39, 0.29) is 5.91 Å². The van der Waals surface area contributed by atoms with Crippen LogP contribution in [0.4, 0.5) is 5.69 Å². The van der Waals surface area contributed by atoms with E-state index < -0.39 is 0 Å².